The average molecular weight is 356 g/mol. The predicted octanol–water partition coefficient (Wildman–Crippen LogP) is 2.61. The summed E-state index contributed by atoms with van der Waals surface area (Å²) in [5.74, 6) is -1.42. The molecule has 0 spiro atoms. The van der Waals surface area contributed by atoms with Crippen molar-refractivity contribution in [3.05, 3.63) is 48.2 Å². The van der Waals surface area contributed by atoms with E-state index in [9.17, 15) is 14.7 Å². The zero-order valence-electron chi connectivity index (χ0n) is 14.6. The topological polar surface area (TPSA) is 91.4 Å². The van der Waals surface area contributed by atoms with Gasteiger partial charge in [-0.05, 0) is 37.0 Å². The van der Waals surface area contributed by atoms with Crippen LogP contribution in [-0.2, 0) is 20.7 Å². The molecule has 2 atom stereocenters. The van der Waals surface area contributed by atoms with Crippen molar-refractivity contribution >= 4 is 11.9 Å². The predicted molar refractivity (Wildman–Crippen MR) is 97.7 cm³/mol. The van der Waals surface area contributed by atoms with Crippen LogP contribution in [0.4, 0.5) is 0 Å². The monoisotopic (exact) mass is 356 g/mol. The molecule has 1 saturated heterocycles. The zero-order valence-corrected chi connectivity index (χ0v) is 14.6. The van der Waals surface area contributed by atoms with Gasteiger partial charge >= 0.3 is 5.97 Å². The lowest BCUT2D eigenvalue weighted by Gasteiger charge is -2.28. The molecule has 3 N–H and O–H groups in total. The third kappa shape index (κ3) is 4.73. The van der Waals surface area contributed by atoms with E-state index in [-0.39, 0.29) is 18.2 Å². The van der Waals surface area contributed by atoms with Crippen LogP contribution in [0.2, 0.25) is 0 Å². The van der Waals surface area contributed by atoms with Gasteiger partial charge in [-0.25, -0.2) is 4.79 Å². The second-order valence-corrected chi connectivity index (χ2v) is 6.62. The average Bonchev–Trinajstić information content (AvgIpc) is 3.15. The molecule has 1 amide bonds. The summed E-state index contributed by atoms with van der Waals surface area (Å²) in [6.45, 7) is 1.04. The van der Waals surface area contributed by atoms with E-state index in [4.69, 9.17) is 4.74 Å². The van der Waals surface area contributed by atoms with Crippen LogP contribution in [-0.4, -0.2) is 41.2 Å². The smallest absolute Gasteiger partial charge is 0.326 e. The summed E-state index contributed by atoms with van der Waals surface area (Å²) in [5, 5.41) is 12.1. The molecule has 2 heterocycles. The number of carbonyl (C=O) groups is 2. The number of aromatic amines is 1. The Morgan fingerprint density at radius 2 is 2.04 bits per heavy atom. The maximum atomic E-state index is 12.2. The van der Waals surface area contributed by atoms with Gasteiger partial charge in [0, 0.05) is 30.3 Å². The number of hydrogen-bond acceptors (Lipinski definition) is 3. The van der Waals surface area contributed by atoms with Crippen LogP contribution in [0.1, 0.15) is 25.0 Å². The Morgan fingerprint density at radius 3 is 2.73 bits per heavy atom. The first kappa shape index (κ1) is 18.2. The van der Waals surface area contributed by atoms with Crippen LogP contribution in [0, 0.1) is 5.92 Å². The number of aryl methyl sites for hydroxylation is 1. The quantitative estimate of drug-likeness (QED) is 0.711. The summed E-state index contributed by atoms with van der Waals surface area (Å²) >= 11 is 0. The largest absolute Gasteiger partial charge is 0.480 e. The number of aromatic nitrogens is 1. The summed E-state index contributed by atoms with van der Waals surface area (Å²) < 4.78 is 5.35. The van der Waals surface area contributed by atoms with Gasteiger partial charge in [-0.15, -0.1) is 0 Å². The van der Waals surface area contributed by atoms with Crippen LogP contribution in [0.3, 0.4) is 0 Å². The van der Waals surface area contributed by atoms with Crippen LogP contribution >= 0.6 is 0 Å². The molecule has 1 aliphatic heterocycles. The van der Waals surface area contributed by atoms with Crippen LogP contribution < -0.4 is 5.32 Å². The minimum absolute atomic E-state index is 0.166. The number of carbonyl (C=O) groups excluding carboxylic acids is 1. The van der Waals surface area contributed by atoms with Gasteiger partial charge in [-0.1, -0.05) is 30.3 Å². The van der Waals surface area contributed by atoms with Gasteiger partial charge < -0.3 is 20.1 Å². The van der Waals surface area contributed by atoms with Crippen molar-refractivity contribution < 1.29 is 19.4 Å². The van der Waals surface area contributed by atoms with Gasteiger partial charge in [0.1, 0.15) is 6.04 Å². The van der Waals surface area contributed by atoms with Gasteiger partial charge in [0.25, 0.3) is 0 Å². The molecule has 1 aromatic heterocycles. The summed E-state index contributed by atoms with van der Waals surface area (Å²) in [4.78, 5) is 27.0. The lowest BCUT2D eigenvalue weighted by atomic mass is 9.93. The zero-order chi connectivity index (χ0) is 18.4. The minimum atomic E-state index is -1.000. The first-order chi connectivity index (χ1) is 12.6. The molecule has 0 bridgehead atoms. The number of rotatable bonds is 7. The SMILES string of the molecule is O=C(CCc1ccc(-c2ccccc2)[nH]1)NC(C(=O)O)C1CCCOC1. The highest BCUT2D eigenvalue weighted by atomic mass is 16.5. The molecule has 2 unspecified atom stereocenters. The normalized spacial score (nSPS) is 18.2. The Morgan fingerprint density at radius 1 is 1.23 bits per heavy atom. The maximum Gasteiger partial charge on any atom is 0.326 e. The third-order valence-corrected chi connectivity index (χ3v) is 4.70. The first-order valence-corrected chi connectivity index (χ1v) is 8.96. The van der Waals surface area contributed by atoms with Crippen LogP contribution in [0.5, 0.6) is 0 Å². The van der Waals surface area contributed by atoms with Crippen molar-refractivity contribution in [1.82, 2.24) is 10.3 Å². The Bertz CT molecular complexity index is 735. The lowest BCUT2D eigenvalue weighted by Crippen LogP contribution is -2.48. The summed E-state index contributed by atoms with van der Waals surface area (Å²) in [6.07, 6.45) is 2.36. The molecule has 6 heteroatoms. The van der Waals surface area contributed by atoms with E-state index >= 15 is 0 Å². The van der Waals surface area contributed by atoms with E-state index in [1.54, 1.807) is 0 Å². The third-order valence-electron chi connectivity index (χ3n) is 4.70. The minimum Gasteiger partial charge on any atom is -0.480 e. The first-order valence-electron chi connectivity index (χ1n) is 8.96. The van der Waals surface area contributed by atoms with Crippen molar-refractivity contribution in [3.8, 4) is 11.3 Å². The molecule has 1 fully saturated rings. The number of carboxylic acid groups (broad SMARTS) is 1. The molecule has 26 heavy (non-hydrogen) atoms. The van der Waals surface area contributed by atoms with Gasteiger partial charge in [-0.2, -0.15) is 0 Å². The van der Waals surface area contributed by atoms with E-state index in [0.717, 1.165) is 29.8 Å². The van der Waals surface area contributed by atoms with Crippen molar-refractivity contribution in [2.45, 2.75) is 31.7 Å². The van der Waals surface area contributed by atoms with E-state index in [0.29, 0.717) is 19.6 Å². The van der Waals surface area contributed by atoms with Crippen molar-refractivity contribution in [2.75, 3.05) is 13.2 Å². The van der Waals surface area contributed by atoms with Gasteiger partial charge in [0.2, 0.25) is 5.91 Å². The van der Waals surface area contributed by atoms with Crippen molar-refractivity contribution in [3.63, 3.8) is 0 Å². The van der Waals surface area contributed by atoms with Crippen molar-refractivity contribution in [2.24, 2.45) is 5.92 Å². The second-order valence-electron chi connectivity index (χ2n) is 6.62. The molecule has 6 nitrogen and oxygen atoms in total. The molecule has 0 radical (unpaired) electrons. The van der Waals surface area contributed by atoms with Gasteiger partial charge in [0.05, 0.1) is 6.61 Å². The summed E-state index contributed by atoms with van der Waals surface area (Å²) in [7, 11) is 0. The number of hydrogen-bond donors (Lipinski definition) is 3. The Labute approximate surface area is 152 Å². The number of H-pyrrole nitrogens is 1. The Kier molecular flexibility index (Phi) is 6.07. The molecular formula is C20H24N2O4. The van der Waals surface area contributed by atoms with E-state index in [1.165, 1.54) is 0 Å². The van der Waals surface area contributed by atoms with E-state index < -0.39 is 12.0 Å². The summed E-state index contributed by atoms with van der Waals surface area (Å²) in [6, 6.07) is 13.0. The van der Waals surface area contributed by atoms with Crippen molar-refractivity contribution in [1.29, 1.82) is 0 Å². The summed E-state index contributed by atoms with van der Waals surface area (Å²) in [5.41, 5.74) is 3.04. The van der Waals surface area contributed by atoms with Crippen LogP contribution in [0.15, 0.2) is 42.5 Å². The highest BCUT2D eigenvalue weighted by Crippen LogP contribution is 2.19. The number of carboxylic acids is 1. The highest BCUT2D eigenvalue weighted by molar-refractivity contribution is 5.83. The van der Waals surface area contributed by atoms with Crippen LogP contribution in [0.25, 0.3) is 11.3 Å². The number of benzene rings is 1. The fraction of sp³-hybridized carbons (Fsp3) is 0.400. The number of aliphatic carboxylic acids is 1. The molecule has 0 saturated carbocycles. The standard InChI is InChI=1S/C20H24N2O4/c23-18(22-19(20(24)25)15-7-4-12-26-13-15)11-9-16-8-10-17(21-16)14-5-2-1-3-6-14/h1-3,5-6,8,10,15,19,21H,4,7,9,11-13H2,(H,22,23)(H,24,25). The van der Waals surface area contributed by atoms with Gasteiger partial charge in [0.15, 0.2) is 0 Å². The molecule has 1 aromatic carbocycles. The second kappa shape index (κ2) is 8.67. The molecule has 0 aliphatic carbocycles. The lowest BCUT2D eigenvalue weighted by molar-refractivity contribution is -0.145. The fourth-order valence-electron chi connectivity index (χ4n) is 3.28. The molecular weight excluding hydrogens is 332 g/mol. The number of ether oxygens (including phenoxy) is 1. The number of amides is 1. The van der Waals surface area contributed by atoms with E-state index in [2.05, 4.69) is 10.3 Å². The van der Waals surface area contributed by atoms with E-state index in [1.807, 2.05) is 42.5 Å². The molecule has 138 valence electrons. The van der Waals surface area contributed by atoms with Gasteiger partial charge in [-0.3, -0.25) is 4.79 Å². The molecule has 3 rings (SSSR count). The molecule has 1 aliphatic rings. The fourth-order valence-corrected chi connectivity index (χ4v) is 3.28. The highest BCUT2D eigenvalue weighted by Gasteiger charge is 2.31. The Balaban J connectivity index is 1.53. The maximum absolute atomic E-state index is 12.2. The number of nitrogens with one attached hydrogen (secondary N) is 2. The Hall–Kier alpha value is -2.60. The molecule has 2 aromatic rings.